The number of aldehydes is 1. The molecule has 0 aliphatic carbocycles. The SMILES string of the molecule is CC.CCC.CCCCCN(Cc1ccc(C=O)cc1)Cc1c(-c2ccc(C)cc2)nc(-c2ccccc2)n1CCC.CN=O. The molecular weight excluding hydrogens is 556 g/mol. The number of imidazole rings is 1. The number of hydrogen-bond acceptors (Lipinski definition) is 5. The van der Waals surface area contributed by atoms with E-state index in [1.807, 2.05) is 26.0 Å². The van der Waals surface area contributed by atoms with Crippen LogP contribution in [-0.4, -0.2) is 34.3 Å². The highest BCUT2D eigenvalue weighted by atomic mass is 16.2. The Morgan fingerprint density at radius 3 is 1.93 bits per heavy atom. The lowest BCUT2D eigenvalue weighted by atomic mass is 10.1. The van der Waals surface area contributed by atoms with E-state index in [0.717, 1.165) is 73.5 Å². The lowest BCUT2D eigenvalue weighted by Gasteiger charge is -2.24. The van der Waals surface area contributed by atoms with Crippen LogP contribution < -0.4 is 0 Å². The van der Waals surface area contributed by atoms with E-state index in [9.17, 15) is 4.79 Å². The summed E-state index contributed by atoms with van der Waals surface area (Å²) < 4.78 is 2.44. The minimum atomic E-state index is 0.719. The minimum absolute atomic E-state index is 0.719. The second-order valence-corrected chi connectivity index (χ2v) is 10.8. The number of carbonyl (C=O) groups excluding carboxylic acids is 1. The molecule has 0 aliphatic rings. The van der Waals surface area contributed by atoms with Crippen molar-refractivity contribution >= 4 is 6.29 Å². The first kappa shape index (κ1) is 39.1. The van der Waals surface area contributed by atoms with E-state index in [0.29, 0.717) is 0 Å². The van der Waals surface area contributed by atoms with Crippen molar-refractivity contribution in [1.82, 2.24) is 14.5 Å². The first-order valence-electron chi connectivity index (χ1n) is 16.7. The Morgan fingerprint density at radius 1 is 0.800 bits per heavy atom. The molecule has 0 saturated carbocycles. The minimum Gasteiger partial charge on any atom is -0.326 e. The molecule has 0 spiro atoms. The normalized spacial score (nSPS) is 10.1. The van der Waals surface area contributed by atoms with Crippen LogP contribution in [0.4, 0.5) is 0 Å². The van der Waals surface area contributed by atoms with Gasteiger partial charge in [0.25, 0.3) is 0 Å². The number of nitrogens with zero attached hydrogens (tertiary/aromatic N) is 4. The average molecular weight is 613 g/mol. The van der Waals surface area contributed by atoms with Crippen LogP contribution in [0, 0.1) is 11.8 Å². The van der Waals surface area contributed by atoms with Crippen molar-refractivity contribution in [2.45, 2.75) is 100 Å². The zero-order chi connectivity index (χ0) is 33.5. The van der Waals surface area contributed by atoms with E-state index in [2.05, 4.69) is 116 Å². The van der Waals surface area contributed by atoms with E-state index < -0.39 is 0 Å². The lowest BCUT2D eigenvalue weighted by Crippen LogP contribution is -2.26. The number of unbranched alkanes of at least 4 members (excludes halogenated alkanes) is 2. The molecule has 0 fully saturated rings. The van der Waals surface area contributed by atoms with Gasteiger partial charge in [0.1, 0.15) is 12.1 Å². The molecule has 45 heavy (non-hydrogen) atoms. The predicted octanol–water partition coefficient (Wildman–Crippen LogP) is 10.8. The van der Waals surface area contributed by atoms with Crippen molar-refractivity contribution in [2.75, 3.05) is 13.6 Å². The molecule has 4 rings (SSSR count). The van der Waals surface area contributed by atoms with Crippen molar-refractivity contribution in [1.29, 1.82) is 0 Å². The second kappa shape index (κ2) is 23.5. The maximum atomic E-state index is 11.1. The summed E-state index contributed by atoms with van der Waals surface area (Å²) in [6.45, 7) is 18.5. The van der Waals surface area contributed by atoms with Gasteiger partial charge in [-0.25, -0.2) is 4.98 Å². The first-order chi connectivity index (χ1) is 22.0. The zero-order valence-electron chi connectivity index (χ0n) is 29.1. The number of aromatic nitrogens is 2. The monoisotopic (exact) mass is 612 g/mol. The van der Waals surface area contributed by atoms with Gasteiger partial charge in [0.05, 0.1) is 18.4 Å². The summed E-state index contributed by atoms with van der Waals surface area (Å²) in [4.78, 5) is 27.5. The summed E-state index contributed by atoms with van der Waals surface area (Å²) in [6, 6.07) is 27.3. The molecule has 3 aromatic carbocycles. The van der Waals surface area contributed by atoms with E-state index >= 15 is 0 Å². The quantitative estimate of drug-likeness (QED) is 0.0855. The van der Waals surface area contributed by atoms with Gasteiger partial charge in [-0.1, -0.05) is 150 Å². The highest BCUT2D eigenvalue weighted by Crippen LogP contribution is 2.31. The van der Waals surface area contributed by atoms with Crippen molar-refractivity contribution < 1.29 is 4.79 Å². The summed E-state index contributed by atoms with van der Waals surface area (Å²) >= 11 is 0. The Kier molecular flexibility index (Phi) is 20.4. The number of rotatable bonds is 13. The van der Waals surface area contributed by atoms with Crippen molar-refractivity contribution in [3.05, 3.63) is 106 Å². The number of aryl methyl sites for hydroxylation is 1. The van der Waals surface area contributed by atoms with Crippen LogP contribution in [0.5, 0.6) is 0 Å². The fourth-order valence-corrected chi connectivity index (χ4v) is 4.83. The smallest absolute Gasteiger partial charge is 0.150 e. The van der Waals surface area contributed by atoms with Gasteiger partial charge < -0.3 is 4.57 Å². The second-order valence-electron chi connectivity index (χ2n) is 10.8. The van der Waals surface area contributed by atoms with Crippen LogP contribution >= 0.6 is 0 Å². The van der Waals surface area contributed by atoms with Crippen LogP contribution in [0.15, 0.2) is 84.0 Å². The van der Waals surface area contributed by atoms with Crippen molar-refractivity contribution in [2.24, 2.45) is 5.18 Å². The molecule has 0 bridgehead atoms. The fourth-order valence-electron chi connectivity index (χ4n) is 4.83. The molecule has 0 N–H and O–H groups in total. The standard InChI is InChI=1S/C33H39N3O.C3H8.C2H6.CH3NO/c1-4-6-10-22-35(23-27-15-17-28(25-37)18-16-27)24-31-32(29-19-13-26(3)14-20-29)34-33(36(31)21-5-2)30-11-8-7-9-12-30;1-3-2;1-2;1-2-3/h7-9,11-20,25H,4-6,10,21-24H2,1-3H3;3H2,1-2H3;1-2H3;1H3. The summed E-state index contributed by atoms with van der Waals surface area (Å²) in [7, 11) is 1.19. The Morgan fingerprint density at radius 2 is 1.40 bits per heavy atom. The molecule has 0 amide bonds. The van der Waals surface area contributed by atoms with Crippen LogP contribution in [-0.2, 0) is 19.6 Å². The topological polar surface area (TPSA) is 67.6 Å². The molecule has 0 unspecified atom stereocenters. The molecular formula is C39H56N4O2. The third-order valence-corrected chi connectivity index (χ3v) is 6.85. The van der Waals surface area contributed by atoms with Gasteiger partial charge >= 0.3 is 0 Å². The van der Waals surface area contributed by atoms with Crippen LogP contribution in [0.2, 0.25) is 0 Å². The third-order valence-electron chi connectivity index (χ3n) is 6.85. The largest absolute Gasteiger partial charge is 0.326 e. The van der Waals surface area contributed by atoms with Crippen molar-refractivity contribution in [3.63, 3.8) is 0 Å². The van der Waals surface area contributed by atoms with Gasteiger partial charge in [0.2, 0.25) is 0 Å². The molecule has 244 valence electrons. The number of hydrogen-bond donors (Lipinski definition) is 0. The van der Waals surface area contributed by atoms with Gasteiger partial charge in [-0.3, -0.25) is 9.69 Å². The van der Waals surface area contributed by atoms with Gasteiger partial charge in [-0.15, -0.1) is 0 Å². The Bertz CT molecular complexity index is 1330. The highest BCUT2D eigenvalue weighted by Gasteiger charge is 2.21. The molecule has 0 aliphatic heterocycles. The third kappa shape index (κ3) is 13.3. The van der Waals surface area contributed by atoms with Gasteiger partial charge in [0, 0.05) is 36.3 Å². The maximum absolute atomic E-state index is 11.1. The Hall–Kier alpha value is -3.90. The fraction of sp³-hybridized carbons (Fsp3) is 0.436. The average Bonchev–Trinajstić information content (AvgIpc) is 3.41. The van der Waals surface area contributed by atoms with E-state index in [4.69, 9.17) is 9.89 Å². The summed E-state index contributed by atoms with van der Waals surface area (Å²) in [5, 5.41) is 2.25. The van der Waals surface area contributed by atoms with Gasteiger partial charge in [-0.2, -0.15) is 4.91 Å². The summed E-state index contributed by atoms with van der Waals surface area (Å²) in [5.74, 6) is 1.04. The maximum Gasteiger partial charge on any atom is 0.150 e. The molecule has 4 aromatic rings. The zero-order valence-corrected chi connectivity index (χ0v) is 29.1. The van der Waals surface area contributed by atoms with E-state index in [-0.39, 0.29) is 0 Å². The Balaban J connectivity index is 0.00000115. The number of benzene rings is 3. The van der Waals surface area contributed by atoms with Crippen LogP contribution in [0.3, 0.4) is 0 Å². The number of nitroso groups, excluding NO2 is 1. The van der Waals surface area contributed by atoms with Gasteiger partial charge in [-0.05, 0) is 31.9 Å². The van der Waals surface area contributed by atoms with Gasteiger partial charge in [0.15, 0.2) is 0 Å². The Labute approximate surface area is 272 Å². The highest BCUT2D eigenvalue weighted by molar-refractivity contribution is 5.74. The molecule has 6 nitrogen and oxygen atoms in total. The molecule has 0 saturated heterocycles. The van der Waals surface area contributed by atoms with Crippen LogP contribution in [0.25, 0.3) is 22.6 Å². The first-order valence-corrected chi connectivity index (χ1v) is 16.7. The molecule has 0 radical (unpaired) electrons. The predicted molar refractivity (Wildman–Crippen MR) is 193 cm³/mol. The van der Waals surface area contributed by atoms with E-state index in [1.54, 1.807) is 0 Å². The summed E-state index contributed by atoms with van der Waals surface area (Å²) in [6.07, 6.45) is 6.78. The number of carbonyl (C=O) groups is 1. The lowest BCUT2D eigenvalue weighted by molar-refractivity contribution is 0.112. The van der Waals surface area contributed by atoms with E-state index in [1.165, 1.54) is 43.1 Å². The molecule has 1 heterocycles. The van der Waals surface area contributed by atoms with Crippen molar-refractivity contribution in [3.8, 4) is 22.6 Å². The summed E-state index contributed by atoms with van der Waals surface area (Å²) in [5.41, 5.74) is 7.85. The molecule has 0 atom stereocenters. The molecule has 1 aromatic heterocycles. The van der Waals surface area contributed by atoms with Crippen LogP contribution in [0.1, 0.15) is 101 Å². The molecule has 6 heteroatoms.